The quantitative estimate of drug-likeness (QED) is 0.765. The zero-order valence-corrected chi connectivity index (χ0v) is 14.4. The van der Waals surface area contributed by atoms with Crippen molar-refractivity contribution in [2.45, 2.75) is 24.8 Å². The second kappa shape index (κ2) is 6.37. The van der Waals surface area contributed by atoms with Crippen LogP contribution < -0.4 is 0 Å². The Bertz CT molecular complexity index is 845. The van der Waals surface area contributed by atoms with Crippen LogP contribution in [0.3, 0.4) is 0 Å². The molecule has 0 radical (unpaired) electrons. The molecule has 1 aliphatic heterocycles. The van der Waals surface area contributed by atoms with Gasteiger partial charge in [-0.25, -0.2) is 13.4 Å². The van der Waals surface area contributed by atoms with E-state index < -0.39 is 22.0 Å². The molecule has 2 heterocycles. The van der Waals surface area contributed by atoms with Gasteiger partial charge in [0, 0.05) is 13.5 Å². The molecule has 0 amide bonds. The second-order valence-electron chi connectivity index (χ2n) is 5.78. The number of imidazole rings is 1. The Hall–Kier alpha value is -2.19. The van der Waals surface area contributed by atoms with Gasteiger partial charge in [-0.3, -0.25) is 4.79 Å². The number of benzene rings is 1. The van der Waals surface area contributed by atoms with Gasteiger partial charge in [0.2, 0.25) is 10.0 Å². The van der Waals surface area contributed by atoms with Gasteiger partial charge in [-0.15, -0.1) is 0 Å². The predicted molar refractivity (Wildman–Crippen MR) is 87.3 cm³/mol. The van der Waals surface area contributed by atoms with Crippen LogP contribution in [0.15, 0.2) is 36.7 Å². The van der Waals surface area contributed by atoms with Gasteiger partial charge >= 0.3 is 5.97 Å². The molecule has 0 unspecified atom stereocenters. The maximum Gasteiger partial charge on any atom is 0.324 e. The number of nitrogens with zero attached hydrogens (tertiary/aromatic N) is 3. The Morgan fingerprint density at radius 2 is 2.04 bits per heavy atom. The van der Waals surface area contributed by atoms with Crippen LogP contribution >= 0.6 is 0 Å². The van der Waals surface area contributed by atoms with Crippen molar-refractivity contribution >= 4 is 16.0 Å². The maximum absolute atomic E-state index is 12.9. The first kappa shape index (κ1) is 16.7. The van der Waals surface area contributed by atoms with Crippen LogP contribution in [0.2, 0.25) is 0 Å². The first-order valence-corrected chi connectivity index (χ1v) is 9.13. The molecule has 0 saturated carbocycles. The SMILES string of the molecule is COC(=O)[C@@H]1Cc2ncn(C)c2CN1S(=O)(=O)Cc1ccccc1. The summed E-state index contributed by atoms with van der Waals surface area (Å²) < 4.78 is 33.7. The van der Waals surface area contributed by atoms with E-state index in [1.807, 2.05) is 13.1 Å². The number of hydrogen-bond acceptors (Lipinski definition) is 5. The summed E-state index contributed by atoms with van der Waals surface area (Å²) in [5.74, 6) is -0.725. The molecular formula is C16H19N3O4S. The Morgan fingerprint density at radius 1 is 1.33 bits per heavy atom. The summed E-state index contributed by atoms with van der Waals surface area (Å²) in [4.78, 5) is 16.4. The number of carbonyl (C=O) groups is 1. The van der Waals surface area contributed by atoms with Crippen molar-refractivity contribution < 1.29 is 17.9 Å². The third-order valence-electron chi connectivity index (χ3n) is 4.21. The fourth-order valence-corrected chi connectivity index (χ4v) is 4.56. The molecule has 0 aliphatic carbocycles. The summed E-state index contributed by atoms with van der Waals surface area (Å²) in [5.41, 5.74) is 2.21. The molecule has 8 heteroatoms. The fourth-order valence-electron chi connectivity index (χ4n) is 2.92. The number of methoxy groups -OCH3 is 1. The molecule has 2 aromatic rings. The van der Waals surface area contributed by atoms with Crippen LogP contribution in [-0.4, -0.2) is 41.4 Å². The molecule has 1 atom stereocenters. The van der Waals surface area contributed by atoms with E-state index in [0.29, 0.717) is 5.56 Å². The normalized spacial score (nSPS) is 18.2. The van der Waals surface area contributed by atoms with Gasteiger partial charge in [-0.1, -0.05) is 30.3 Å². The molecule has 0 fully saturated rings. The lowest BCUT2D eigenvalue weighted by Crippen LogP contribution is -2.49. The Kier molecular flexibility index (Phi) is 4.42. The second-order valence-corrected chi connectivity index (χ2v) is 7.70. The fraction of sp³-hybridized carbons (Fsp3) is 0.375. The van der Waals surface area contributed by atoms with E-state index >= 15 is 0 Å². The van der Waals surface area contributed by atoms with Gasteiger partial charge < -0.3 is 9.30 Å². The summed E-state index contributed by atoms with van der Waals surface area (Å²) in [5, 5.41) is 0. The molecule has 3 rings (SSSR count). The lowest BCUT2D eigenvalue weighted by Gasteiger charge is -2.32. The summed E-state index contributed by atoms with van der Waals surface area (Å²) in [7, 11) is -0.613. The van der Waals surface area contributed by atoms with E-state index in [2.05, 4.69) is 4.98 Å². The third-order valence-corrected chi connectivity index (χ3v) is 6.00. The number of esters is 1. The van der Waals surface area contributed by atoms with Gasteiger partial charge in [-0.05, 0) is 5.56 Å². The third kappa shape index (κ3) is 3.07. The smallest absolute Gasteiger partial charge is 0.324 e. The number of sulfonamides is 1. The molecule has 128 valence electrons. The lowest BCUT2D eigenvalue weighted by molar-refractivity contribution is -0.145. The largest absolute Gasteiger partial charge is 0.468 e. The summed E-state index contributed by atoms with van der Waals surface area (Å²) in [6.45, 7) is 0.112. The minimum atomic E-state index is -3.69. The number of aryl methyl sites for hydroxylation is 1. The Morgan fingerprint density at radius 3 is 2.71 bits per heavy atom. The summed E-state index contributed by atoms with van der Waals surface area (Å²) in [6.07, 6.45) is 1.85. The minimum absolute atomic E-state index is 0.112. The molecule has 0 N–H and O–H groups in total. The molecule has 7 nitrogen and oxygen atoms in total. The van der Waals surface area contributed by atoms with Crippen molar-refractivity contribution in [1.82, 2.24) is 13.9 Å². The molecule has 1 aromatic heterocycles. The lowest BCUT2D eigenvalue weighted by atomic mass is 10.1. The standard InChI is InChI=1S/C16H19N3O4S/c1-18-11-17-13-8-14(16(20)23-2)19(9-15(13)18)24(21,22)10-12-6-4-3-5-7-12/h3-7,11,14H,8-10H2,1-2H3/t14-/m0/s1. The van der Waals surface area contributed by atoms with Gasteiger partial charge in [0.15, 0.2) is 0 Å². The van der Waals surface area contributed by atoms with E-state index in [1.54, 1.807) is 35.2 Å². The molecule has 24 heavy (non-hydrogen) atoms. The molecule has 1 aromatic carbocycles. The molecular weight excluding hydrogens is 330 g/mol. The maximum atomic E-state index is 12.9. The molecule has 0 spiro atoms. The first-order valence-electron chi connectivity index (χ1n) is 7.52. The van der Waals surface area contributed by atoms with E-state index in [4.69, 9.17) is 4.74 Å². The van der Waals surface area contributed by atoms with Gasteiger partial charge in [0.1, 0.15) is 6.04 Å². The zero-order chi connectivity index (χ0) is 17.3. The van der Waals surface area contributed by atoms with Crippen molar-refractivity contribution in [3.63, 3.8) is 0 Å². The van der Waals surface area contributed by atoms with Crippen molar-refractivity contribution in [2.24, 2.45) is 7.05 Å². The average Bonchev–Trinajstić information content (AvgIpc) is 2.94. The van der Waals surface area contributed by atoms with Crippen LogP contribution in [0, 0.1) is 0 Å². The number of ether oxygens (including phenoxy) is 1. The van der Waals surface area contributed by atoms with Crippen LogP contribution in [0.25, 0.3) is 0 Å². The van der Waals surface area contributed by atoms with Crippen molar-refractivity contribution in [3.05, 3.63) is 53.6 Å². The van der Waals surface area contributed by atoms with Gasteiger partial charge in [0.05, 0.1) is 37.1 Å². The number of aromatic nitrogens is 2. The predicted octanol–water partition coefficient (Wildman–Crippen LogP) is 0.850. The van der Waals surface area contributed by atoms with E-state index in [-0.39, 0.29) is 18.7 Å². The van der Waals surface area contributed by atoms with Gasteiger partial charge in [-0.2, -0.15) is 4.31 Å². The topological polar surface area (TPSA) is 81.5 Å². The summed E-state index contributed by atoms with van der Waals surface area (Å²) >= 11 is 0. The van der Waals surface area contributed by atoms with E-state index in [0.717, 1.165) is 11.4 Å². The van der Waals surface area contributed by atoms with E-state index in [9.17, 15) is 13.2 Å². The monoisotopic (exact) mass is 349 g/mol. The highest BCUT2D eigenvalue weighted by Crippen LogP contribution is 2.27. The van der Waals surface area contributed by atoms with Crippen LogP contribution in [0.5, 0.6) is 0 Å². The molecule has 1 aliphatic rings. The molecule has 0 bridgehead atoms. The minimum Gasteiger partial charge on any atom is -0.468 e. The van der Waals surface area contributed by atoms with E-state index in [1.165, 1.54) is 11.4 Å². The number of fused-ring (bicyclic) bond motifs is 1. The number of carbonyl (C=O) groups excluding carboxylic acids is 1. The van der Waals surface area contributed by atoms with Crippen molar-refractivity contribution in [1.29, 1.82) is 0 Å². The molecule has 0 saturated heterocycles. The van der Waals surface area contributed by atoms with Crippen LogP contribution in [-0.2, 0) is 45.3 Å². The van der Waals surface area contributed by atoms with Crippen LogP contribution in [0.4, 0.5) is 0 Å². The number of rotatable bonds is 4. The first-order chi connectivity index (χ1) is 11.4. The Labute approximate surface area is 140 Å². The van der Waals surface area contributed by atoms with Gasteiger partial charge in [0.25, 0.3) is 0 Å². The highest BCUT2D eigenvalue weighted by molar-refractivity contribution is 7.88. The number of hydrogen-bond donors (Lipinski definition) is 0. The Balaban J connectivity index is 1.96. The highest BCUT2D eigenvalue weighted by atomic mass is 32.2. The highest BCUT2D eigenvalue weighted by Gasteiger charge is 2.41. The summed E-state index contributed by atoms with van der Waals surface area (Å²) in [6, 6.07) is 8.03. The zero-order valence-electron chi connectivity index (χ0n) is 13.5. The average molecular weight is 349 g/mol. The van der Waals surface area contributed by atoms with Crippen LogP contribution in [0.1, 0.15) is 17.0 Å². The van der Waals surface area contributed by atoms with Crippen molar-refractivity contribution in [2.75, 3.05) is 7.11 Å². The van der Waals surface area contributed by atoms with Crippen molar-refractivity contribution in [3.8, 4) is 0 Å².